The minimum absolute atomic E-state index is 0.229. The van der Waals surface area contributed by atoms with E-state index < -0.39 is 5.97 Å². The predicted octanol–water partition coefficient (Wildman–Crippen LogP) is 3.90. The van der Waals surface area contributed by atoms with Crippen LogP contribution in [0.5, 0.6) is 0 Å². The largest absolute Gasteiger partial charge is 0.465 e. The number of amides is 1. The van der Waals surface area contributed by atoms with Crippen molar-refractivity contribution in [2.45, 2.75) is 13.3 Å². The van der Waals surface area contributed by atoms with Gasteiger partial charge in [-0.05, 0) is 30.2 Å². The van der Waals surface area contributed by atoms with Gasteiger partial charge in [0.1, 0.15) is 0 Å². The first-order valence-corrected chi connectivity index (χ1v) is 8.32. The average molecular weight is 340 g/mol. The third kappa shape index (κ3) is 3.00. The first-order valence-electron chi connectivity index (χ1n) is 7.51. The second-order valence-electron chi connectivity index (χ2n) is 5.13. The lowest BCUT2D eigenvalue weighted by Crippen LogP contribution is -2.16. The Morgan fingerprint density at radius 3 is 2.58 bits per heavy atom. The zero-order chi connectivity index (χ0) is 17.1. The molecular formula is C18H16N2O3S. The van der Waals surface area contributed by atoms with Crippen molar-refractivity contribution in [1.29, 1.82) is 0 Å². The summed E-state index contributed by atoms with van der Waals surface area (Å²) in [6, 6.07) is 12.5. The van der Waals surface area contributed by atoms with Gasteiger partial charge in [-0.15, -0.1) is 0 Å². The van der Waals surface area contributed by atoms with Crippen molar-refractivity contribution in [1.82, 2.24) is 4.98 Å². The summed E-state index contributed by atoms with van der Waals surface area (Å²) in [5.41, 5.74) is 2.54. The molecule has 1 heterocycles. The number of esters is 1. The highest BCUT2D eigenvalue weighted by Gasteiger charge is 2.18. The number of rotatable bonds is 4. The van der Waals surface area contributed by atoms with Crippen LogP contribution in [0.15, 0.2) is 42.5 Å². The van der Waals surface area contributed by atoms with Gasteiger partial charge >= 0.3 is 5.97 Å². The van der Waals surface area contributed by atoms with E-state index in [0.717, 1.165) is 22.2 Å². The summed E-state index contributed by atoms with van der Waals surface area (Å²) in [6.07, 6.45) is 0.875. The quantitative estimate of drug-likeness (QED) is 0.732. The number of nitrogens with zero attached hydrogens (tertiary/aromatic N) is 1. The summed E-state index contributed by atoms with van der Waals surface area (Å²) >= 11 is 1.41. The Morgan fingerprint density at radius 2 is 1.88 bits per heavy atom. The van der Waals surface area contributed by atoms with Crippen LogP contribution in [-0.2, 0) is 11.2 Å². The Labute approximate surface area is 143 Å². The Kier molecular flexibility index (Phi) is 4.57. The van der Waals surface area contributed by atoms with E-state index in [0.29, 0.717) is 5.13 Å². The molecule has 0 atom stereocenters. The Morgan fingerprint density at radius 1 is 1.12 bits per heavy atom. The van der Waals surface area contributed by atoms with E-state index in [-0.39, 0.29) is 17.0 Å². The minimum Gasteiger partial charge on any atom is -0.465 e. The van der Waals surface area contributed by atoms with Crippen molar-refractivity contribution in [3.05, 3.63) is 59.2 Å². The van der Waals surface area contributed by atoms with Crippen molar-refractivity contribution >= 4 is 38.6 Å². The summed E-state index contributed by atoms with van der Waals surface area (Å²) in [6.45, 7) is 2.07. The van der Waals surface area contributed by atoms with E-state index in [9.17, 15) is 9.59 Å². The zero-order valence-electron chi connectivity index (χ0n) is 13.3. The molecule has 0 saturated heterocycles. The number of aromatic nitrogens is 1. The molecule has 122 valence electrons. The molecule has 0 aliphatic heterocycles. The van der Waals surface area contributed by atoms with Gasteiger partial charge < -0.3 is 4.74 Å². The highest BCUT2D eigenvalue weighted by atomic mass is 32.1. The van der Waals surface area contributed by atoms with Crippen LogP contribution < -0.4 is 5.32 Å². The summed E-state index contributed by atoms with van der Waals surface area (Å²) in [4.78, 5) is 28.8. The summed E-state index contributed by atoms with van der Waals surface area (Å²) in [7, 11) is 1.29. The molecule has 6 heteroatoms. The molecule has 0 radical (unpaired) electrons. The standard InChI is InChI=1S/C18H16N2O3S/c1-3-11-7-6-10-14-15(11)19-18(24-14)20-16(21)12-8-4-5-9-13(12)17(22)23-2/h4-10H,3H2,1-2H3,(H,19,20,21). The fourth-order valence-electron chi connectivity index (χ4n) is 2.48. The Bertz CT molecular complexity index is 918. The summed E-state index contributed by atoms with van der Waals surface area (Å²) in [5, 5.41) is 3.29. The molecule has 3 rings (SSSR count). The third-order valence-corrected chi connectivity index (χ3v) is 4.62. The summed E-state index contributed by atoms with van der Waals surface area (Å²) < 4.78 is 5.74. The van der Waals surface area contributed by atoms with Crippen LogP contribution in [0.1, 0.15) is 33.2 Å². The van der Waals surface area contributed by atoms with E-state index >= 15 is 0 Å². The van der Waals surface area contributed by atoms with Crippen molar-refractivity contribution < 1.29 is 14.3 Å². The Balaban J connectivity index is 1.92. The average Bonchev–Trinajstić information content (AvgIpc) is 3.03. The van der Waals surface area contributed by atoms with Gasteiger partial charge in [-0.1, -0.05) is 42.5 Å². The van der Waals surface area contributed by atoms with Crippen LogP contribution >= 0.6 is 11.3 Å². The molecule has 0 fully saturated rings. The highest BCUT2D eigenvalue weighted by molar-refractivity contribution is 7.22. The number of carbonyl (C=O) groups is 2. The van der Waals surface area contributed by atoms with Gasteiger partial charge in [0.25, 0.3) is 5.91 Å². The first kappa shape index (κ1) is 16.1. The minimum atomic E-state index is -0.543. The van der Waals surface area contributed by atoms with Crippen molar-refractivity contribution in [2.75, 3.05) is 12.4 Å². The lowest BCUT2D eigenvalue weighted by atomic mass is 10.1. The second kappa shape index (κ2) is 6.80. The van der Waals surface area contributed by atoms with Crippen LogP contribution in [-0.4, -0.2) is 24.0 Å². The number of para-hydroxylation sites is 1. The SMILES string of the molecule is CCc1cccc2sc(NC(=O)c3ccccc3C(=O)OC)nc12. The smallest absolute Gasteiger partial charge is 0.338 e. The molecule has 0 bridgehead atoms. The number of anilines is 1. The lowest BCUT2D eigenvalue weighted by Gasteiger charge is -2.06. The van der Waals surface area contributed by atoms with E-state index in [1.165, 1.54) is 18.4 Å². The number of benzene rings is 2. The van der Waals surface area contributed by atoms with E-state index in [1.807, 2.05) is 18.2 Å². The number of aryl methyl sites for hydroxylation is 1. The van der Waals surface area contributed by atoms with Gasteiger partial charge in [0.2, 0.25) is 0 Å². The molecule has 5 nitrogen and oxygen atoms in total. The maximum Gasteiger partial charge on any atom is 0.338 e. The van der Waals surface area contributed by atoms with Crippen molar-refractivity contribution in [2.24, 2.45) is 0 Å². The molecular weight excluding hydrogens is 324 g/mol. The monoisotopic (exact) mass is 340 g/mol. The molecule has 0 saturated carbocycles. The van der Waals surface area contributed by atoms with Gasteiger partial charge in [-0.25, -0.2) is 9.78 Å². The number of ether oxygens (including phenoxy) is 1. The molecule has 1 aromatic heterocycles. The molecule has 1 amide bonds. The highest BCUT2D eigenvalue weighted by Crippen LogP contribution is 2.29. The Hall–Kier alpha value is -2.73. The number of hydrogen-bond donors (Lipinski definition) is 1. The predicted molar refractivity (Wildman–Crippen MR) is 94.7 cm³/mol. The number of carbonyl (C=O) groups excluding carboxylic acids is 2. The molecule has 24 heavy (non-hydrogen) atoms. The van der Waals surface area contributed by atoms with Crippen LogP contribution in [0, 0.1) is 0 Å². The molecule has 2 aromatic carbocycles. The van der Waals surface area contributed by atoms with Crippen LogP contribution in [0.4, 0.5) is 5.13 Å². The first-order chi connectivity index (χ1) is 11.6. The number of thiazole rings is 1. The topological polar surface area (TPSA) is 68.3 Å². The van der Waals surface area contributed by atoms with E-state index in [4.69, 9.17) is 4.74 Å². The van der Waals surface area contributed by atoms with Gasteiger partial charge in [0.15, 0.2) is 5.13 Å². The molecule has 3 aromatic rings. The number of methoxy groups -OCH3 is 1. The van der Waals surface area contributed by atoms with E-state index in [2.05, 4.69) is 17.2 Å². The lowest BCUT2D eigenvalue weighted by molar-refractivity contribution is 0.0597. The maximum absolute atomic E-state index is 12.5. The second-order valence-corrected chi connectivity index (χ2v) is 6.16. The molecule has 0 aliphatic carbocycles. The van der Waals surface area contributed by atoms with E-state index in [1.54, 1.807) is 24.3 Å². The number of fused-ring (bicyclic) bond motifs is 1. The molecule has 0 spiro atoms. The zero-order valence-corrected chi connectivity index (χ0v) is 14.1. The third-order valence-electron chi connectivity index (χ3n) is 3.68. The molecule has 1 N–H and O–H groups in total. The fourth-order valence-corrected chi connectivity index (χ4v) is 3.39. The number of hydrogen-bond acceptors (Lipinski definition) is 5. The normalized spacial score (nSPS) is 10.6. The van der Waals surface area contributed by atoms with Crippen molar-refractivity contribution in [3.8, 4) is 0 Å². The number of nitrogens with one attached hydrogen (secondary N) is 1. The van der Waals surface area contributed by atoms with Gasteiger partial charge in [-0.3, -0.25) is 10.1 Å². The van der Waals surface area contributed by atoms with Crippen LogP contribution in [0.25, 0.3) is 10.2 Å². The molecule has 0 aliphatic rings. The molecule has 0 unspecified atom stereocenters. The van der Waals surface area contributed by atoms with Gasteiger partial charge in [0, 0.05) is 0 Å². The van der Waals surface area contributed by atoms with Crippen molar-refractivity contribution in [3.63, 3.8) is 0 Å². The maximum atomic E-state index is 12.5. The van der Waals surface area contributed by atoms with Crippen LogP contribution in [0.2, 0.25) is 0 Å². The summed E-state index contributed by atoms with van der Waals surface area (Å²) in [5.74, 6) is -0.925. The van der Waals surface area contributed by atoms with Gasteiger partial charge in [0.05, 0.1) is 28.5 Å². The van der Waals surface area contributed by atoms with Crippen LogP contribution in [0.3, 0.4) is 0 Å². The van der Waals surface area contributed by atoms with Gasteiger partial charge in [-0.2, -0.15) is 0 Å². The fraction of sp³-hybridized carbons (Fsp3) is 0.167.